The second kappa shape index (κ2) is 6.21. The normalized spacial score (nSPS) is 19.2. The quantitative estimate of drug-likeness (QED) is 0.916. The monoisotopic (exact) mass is 323 g/mol. The molecule has 7 heteroatoms. The van der Waals surface area contributed by atoms with Crippen molar-refractivity contribution in [2.24, 2.45) is 5.92 Å². The summed E-state index contributed by atoms with van der Waals surface area (Å²) in [6.45, 7) is 4.88. The van der Waals surface area contributed by atoms with Gasteiger partial charge in [0.15, 0.2) is 5.69 Å². The van der Waals surface area contributed by atoms with Gasteiger partial charge in [0, 0.05) is 29.4 Å². The maximum absolute atomic E-state index is 10.8. The zero-order valence-electron chi connectivity index (χ0n) is 11.8. The van der Waals surface area contributed by atoms with Gasteiger partial charge in [-0.05, 0) is 25.8 Å². The fourth-order valence-corrected chi connectivity index (χ4v) is 4.34. The summed E-state index contributed by atoms with van der Waals surface area (Å²) in [5.41, 5.74) is 1.26. The smallest absolute Gasteiger partial charge is 0.355 e. The highest BCUT2D eigenvalue weighted by Crippen LogP contribution is 2.24. The number of nitrogens with zero attached hydrogens (tertiary/aromatic N) is 3. The van der Waals surface area contributed by atoms with Crippen LogP contribution in [0, 0.1) is 12.8 Å². The van der Waals surface area contributed by atoms with Crippen LogP contribution in [0.4, 0.5) is 0 Å². The van der Waals surface area contributed by atoms with Crippen molar-refractivity contribution in [2.75, 3.05) is 13.1 Å². The largest absolute Gasteiger partial charge is 0.476 e. The summed E-state index contributed by atoms with van der Waals surface area (Å²) in [6.07, 6.45) is 2.23. The molecule has 1 atom stereocenters. The van der Waals surface area contributed by atoms with Crippen molar-refractivity contribution in [2.45, 2.75) is 26.3 Å². The first-order valence-corrected chi connectivity index (χ1v) is 8.67. The van der Waals surface area contributed by atoms with E-state index in [2.05, 4.69) is 20.2 Å². The van der Waals surface area contributed by atoms with Crippen molar-refractivity contribution >= 4 is 28.6 Å². The van der Waals surface area contributed by atoms with E-state index in [0.717, 1.165) is 36.8 Å². The van der Waals surface area contributed by atoms with E-state index >= 15 is 0 Å². The summed E-state index contributed by atoms with van der Waals surface area (Å²) in [5, 5.41) is 14.7. The number of rotatable bonds is 5. The molecule has 0 aromatic carbocycles. The predicted octanol–water partition coefficient (Wildman–Crippen LogP) is 2.67. The summed E-state index contributed by atoms with van der Waals surface area (Å²) in [5.74, 6) is -0.301. The van der Waals surface area contributed by atoms with Crippen molar-refractivity contribution in [3.63, 3.8) is 0 Å². The minimum absolute atomic E-state index is 0.156. The second-order valence-electron chi connectivity index (χ2n) is 5.41. The molecule has 21 heavy (non-hydrogen) atoms. The number of aromatic nitrogens is 2. The van der Waals surface area contributed by atoms with Crippen molar-refractivity contribution in [3.05, 3.63) is 32.2 Å². The Bertz CT molecular complexity index is 638. The van der Waals surface area contributed by atoms with E-state index in [1.54, 1.807) is 16.7 Å². The number of carbonyl (C=O) groups is 1. The Morgan fingerprint density at radius 1 is 1.38 bits per heavy atom. The minimum Gasteiger partial charge on any atom is -0.476 e. The van der Waals surface area contributed by atoms with Crippen LogP contribution < -0.4 is 0 Å². The highest BCUT2D eigenvalue weighted by molar-refractivity contribution is 7.10. The zero-order valence-corrected chi connectivity index (χ0v) is 13.4. The summed E-state index contributed by atoms with van der Waals surface area (Å²) in [7, 11) is 0. The van der Waals surface area contributed by atoms with Crippen LogP contribution in [-0.2, 0) is 13.0 Å². The molecule has 0 radical (unpaired) electrons. The first-order valence-electron chi connectivity index (χ1n) is 6.91. The van der Waals surface area contributed by atoms with Gasteiger partial charge in [0.2, 0.25) is 0 Å². The van der Waals surface area contributed by atoms with Gasteiger partial charge < -0.3 is 5.11 Å². The number of aryl methyl sites for hydroxylation is 1. The Kier molecular flexibility index (Phi) is 4.32. The average Bonchev–Trinajstić information content (AvgIpc) is 3.13. The number of hydrogen-bond acceptors (Lipinski definition) is 6. The third kappa shape index (κ3) is 3.66. The summed E-state index contributed by atoms with van der Waals surface area (Å²) in [4.78, 5) is 21.9. The van der Waals surface area contributed by atoms with Crippen molar-refractivity contribution in [1.82, 2.24) is 14.9 Å². The maximum Gasteiger partial charge on any atom is 0.355 e. The van der Waals surface area contributed by atoms with Gasteiger partial charge in [-0.1, -0.05) is 0 Å². The van der Waals surface area contributed by atoms with Crippen molar-refractivity contribution < 1.29 is 9.90 Å². The van der Waals surface area contributed by atoms with E-state index < -0.39 is 5.97 Å². The van der Waals surface area contributed by atoms with Crippen LogP contribution in [0.5, 0.6) is 0 Å². The molecule has 1 N–H and O–H groups in total. The van der Waals surface area contributed by atoms with E-state index in [9.17, 15) is 4.79 Å². The Morgan fingerprint density at radius 2 is 2.19 bits per heavy atom. The second-order valence-corrected chi connectivity index (χ2v) is 7.29. The molecule has 2 aromatic rings. The molecule has 1 aliphatic rings. The molecule has 0 amide bonds. The molecule has 2 aromatic heterocycles. The topological polar surface area (TPSA) is 66.3 Å². The first-order chi connectivity index (χ1) is 10.1. The summed E-state index contributed by atoms with van der Waals surface area (Å²) >= 11 is 3.17. The van der Waals surface area contributed by atoms with E-state index in [-0.39, 0.29) is 5.69 Å². The molecular formula is C14H17N3O2S2. The van der Waals surface area contributed by atoms with Crippen LogP contribution in [0.2, 0.25) is 0 Å². The van der Waals surface area contributed by atoms with Crippen LogP contribution in [-0.4, -0.2) is 39.0 Å². The summed E-state index contributed by atoms with van der Waals surface area (Å²) < 4.78 is 0. The third-order valence-corrected chi connectivity index (χ3v) is 5.45. The van der Waals surface area contributed by atoms with Crippen LogP contribution in [0.3, 0.4) is 0 Å². The van der Waals surface area contributed by atoms with Crippen LogP contribution in [0.25, 0.3) is 0 Å². The molecule has 0 aliphatic carbocycles. The van der Waals surface area contributed by atoms with Crippen LogP contribution in [0.15, 0.2) is 10.8 Å². The lowest BCUT2D eigenvalue weighted by molar-refractivity contribution is 0.0691. The van der Waals surface area contributed by atoms with Gasteiger partial charge >= 0.3 is 5.97 Å². The molecule has 3 heterocycles. The molecule has 5 nitrogen and oxygen atoms in total. The number of hydrogen-bond donors (Lipinski definition) is 1. The third-order valence-electron chi connectivity index (χ3n) is 3.63. The highest BCUT2D eigenvalue weighted by atomic mass is 32.1. The fraction of sp³-hybridized carbons (Fsp3) is 0.500. The molecule has 1 unspecified atom stereocenters. The van der Waals surface area contributed by atoms with Gasteiger partial charge in [-0.25, -0.2) is 14.8 Å². The van der Waals surface area contributed by atoms with Crippen molar-refractivity contribution in [3.8, 4) is 0 Å². The van der Waals surface area contributed by atoms with Gasteiger partial charge in [0.1, 0.15) is 5.01 Å². The molecule has 112 valence electrons. The number of likely N-dealkylation sites (tertiary alicyclic amines) is 1. The number of thiazole rings is 2. The Hall–Kier alpha value is -1.31. The van der Waals surface area contributed by atoms with E-state index in [1.807, 2.05) is 6.92 Å². The lowest BCUT2D eigenvalue weighted by Crippen LogP contribution is -2.20. The Morgan fingerprint density at radius 3 is 2.86 bits per heavy atom. The number of carboxylic acid groups (broad SMARTS) is 1. The molecule has 0 saturated carbocycles. The Balaban J connectivity index is 1.53. The van der Waals surface area contributed by atoms with Crippen LogP contribution >= 0.6 is 22.7 Å². The van der Waals surface area contributed by atoms with Gasteiger partial charge in [0.05, 0.1) is 11.6 Å². The number of aromatic carboxylic acids is 1. The molecule has 1 saturated heterocycles. The lowest BCUT2D eigenvalue weighted by Gasteiger charge is -2.13. The van der Waals surface area contributed by atoms with E-state index in [4.69, 9.17) is 5.11 Å². The average molecular weight is 323 g/mol. The minimum atomic E-state index is -0.948. The first kappa shape index (κ1) is 14.6. The summed E-state index contributed by atoms with van der Waals surface area (Å²) in [6, 6.07) is 0. The van der Waals surface area contributed by atoms with Gasteiger partial charge in [-0.15, -0.1) is 22.7 Å². The molecule has 1 aliphatic heterocycles. The number of carboxylic acids is 1. The zero-order chi connectivity index (χ0) is 14.8. The predicted molar refractivity (Wildman–Crippen MR) is 83.0 cm³/mol. The molecule has 3 rings (SSSR count). The van der Waals surface area contributed by atoms with E-state index in [0.29, 0.717) is 5.92 Å². The molecular weight excluding hydrogens is 306 g/mol. The lowest BCUT2D eigenvalue weighted by atomic mass is 10.1. The SMILES string of the molecule is Cc1csc(CC2CCN(Cc3nc(C(=O)O)cs3)C2)n1. The molecule has 0 bridgehead atoms. The van der Waals surface area contributed by atoms with Crippen molar-refractivity contribution in [1.29, 1.82) is 0 Å². The maximum atomic E-state index is 10.8. The van der Waals surface area contributed by atoms with E-state index in [1.165, 1.54) is 22.8 Å². The van der Waals surface area contributed by atoms with Gasteiger partial charge in [0.25, 0.3) is 0 Å². The van der Waals surface area contributed by atoms with Gasteiger partial charge in [-0.2, -0.15) is 0 Å². The Labute approximate surface area is 131 Å². The molecule has 0 spiro atoms. The van der Waals surface area contributed by atoms with Crippen LogP contribution in [0.1, 0.15) is 32.6 Å². The highest BCUT2D eigenvalue weighted by Gasteiger charge is 2.24. The molecule has 1 fully saturated rings. The standard InChI is InChI=1S/C14H17N3O2S2/c1-9-7-20-12(15-9)4-10-2-3-17(5-10)6-13-16-11(8-21-13)14(18)19/h7-8,10H,2-6H2,1H3,(H,18,19). The fourth-order valence-electron chi connectivity index (χ4n) is 2.64. The van der Waals surface area contributed by atoms with Gasteiger partial charge in [-0.3, -0.25) is 4.90 Å².